The number of nitro benzene ring substituents is 1. The Labute approximate surface area is 156 Å². The van der Waals surface area contributed by atoms with Crippen LogP contribution in [-0.4, -0.2) is 20.9 Å². The highest BCUT2D eigenvalue weighted by atomic mass is 19.1. The van der Waals surface area contributed by atoms with Crippen LogP contribution < -0.4 is 0 Å². The molecule has 1 atom stereocenters. The average molecular weight is 365 g/mol. The Morgan fingerprint density at radius 2 is 1.89 bits per heavy atom. The number of hydrogen-bond acceptors (Lipinski definition) is 3. The zero-order valence-electron chi connectivity index (χ0n) is 14.8. The van der Waals surface area contributed by atoms with Crippen molar-refractivity contribution in [3.05, 3.63) is 99.6 Å². The molecule has 0 saturated carbocycles. The van der Waals surface area contributed by atoms with Gasteiger partial charge in [-0.3, -0.25) is 15.0 Å². The van der Waals surface area contributed by atoms with Crippen molar-refractivity contribution >= 4 is 5.69 Å². The number of benzene rings is 2. The van der Waals surface area contributed by atoms with E-state index < -0.39 is 4.92 Å². The molecule has 0 saturated heterocycles. The second kappa shape index (κ2) is 7.32. The summed E-state index contributed by atoms with van der Waals surface area (Å²) in [4.78, 5) is 12.8. The molecule has 1 unspecified atom stereocenters. The van der Waals surface area contributed by atoms with Gasteiger partial charge in [0.05, 0.1) is 11.0 Å². The number of nitrogens with zero attached hydrogens (tertiary/aromatic N) is 3. The first-order valence-corrected chi connectivity index (χ1v) is 9.00. The van der Waals surface area contributed by atoms with E-state index in [1.54, 1.807) is 24.3 Å². The van der Waals surface area contributed by atoms with Gasteiger partial charge in [-0.15, -0.1) is 0 Å². The molecule has 0 radical (unpaired) electrons. The van der Waals surface area contributed by atoms with Crippen LogP contribution in [0.15, 0.2) is 66.9 Å². The number of fused-ring (bicyclic) bond motifs is 1. The molecule has 2 heterocycles. The highest BCUT2D eigenvalue weighted by Gasteiger charge is 2.27. The van der Waals surface area contributed by atoms with E-state index in [9.17, 15) is 14.5 Å². The largest absolute Gasteiger partial charge is 0.350 e. The molecule has 1 aromatic heterocycles. The van der Waals surface area contributed by atoms with E-state index in [1.165, 1.54) is 18.2 Å². The minimum Gasteiger partial charge on any atom is -0.350 e. The minimum atomic E-state index is -0.391. The SMILES string of the molecule is O=[N+]([O-])c1ccc(CN2CCCn3cccc3C2c2cccc(F)c2)cc1. The van der Waals surface area contributed by atoms with Crippen LogP contribution in [0.5, 0.6) is 0 Å². The van der Waals surface area contributed by atoms with Crippen LogP contribution in [0.1, 0.15) is 29.3 Å². The fourth-order valence-corrected chi connectivity index (χ4v) is 3.83. The quantitative estimate of drug-likeness (QED) is 0.504. The van der Waals surface area contributed by atoms with Gasteiger partial charge in [0.25, 0.3) is 5.69 Å². The molecular weight excluding hydrogens is 345 g/mol. The summed E-state index contributed by atoms with van der Waals surface area (Å²) in [6.07, 6.45) is 3.05. The molecule has 2 aromatic carbocycles. The summed E-state index contributed by atoms with van der Waals surface area (Å²) in [5.74, 6) is -0.245. The summed E-state index contributed by atoms with van der Waals surface area (Å²) in [6, 6.07) is 17.5. The predicted octanol–water partition coefficient (Wildman–Crippen LogP) is 4.53. The molecule has 5 nitrogen and oxygen atoms in total. The molecule has 1 aliphatic heterocycles. The Morgan fingerprint density at radius 3 is 2.63 bits per heavy atom. The molecule has 1 aliphatic rings. The molecule has 138 valence electrons. The van der Waals surface area contributed by atoms with Gasteiger partial charge in [-0.2, -0.15) is 0 Å². The lowest BCUT2D eigenvalue weighted by molar-refractivity contribution is -0.384. The van der Waals surface area contributed by atoms with Crippen LogP contribution in [0.25, 0.3) is 0 Å². The Balaban J connectivity index is 1.69. The van der Waals surface area contributed by atoms with Crippen LogP contribution in [-0.2, 0) is 13.1 Å². The molecule has 0 spiro atoms. The van der Waals surface area contributed by atoms with Crippen molar-refractivity contribution in [2.45, 2.75) is 25.6 Å². The molecule has 27 heavy (non-hydrogen) atoms. The second-order valence-corrected chi connectivity index (χ2v) is 6.83. The fraction of sp³-hybridized carbons (Fsp3) is 0.238. The third-order valence-corrected chi connectivity index (χ3v) is 5.05. The third-order valence-electron chi connectivity index (χ3n) is 5.05. The van der Waals surface area contributed by atoms with Gasteiger partial charge < -0.3 is 4.57 Å². The highest BCUT2D eigenvalue weighted by molar-refractivity contribution is 5.34. The third kappa shape index (κ3) is 3.61. The number of aromatic nitrogens is 1. The number of hydrogen-bond donors (Lipinski definition) is 0. The molecule has 6 heteroatoms. The van der Waals surface area contributed by atoms with E-state index in [1.807, 2.05) is 12.1 Å². The first-order valence-electron chi connectivity index (χ1n) is 9.00. The number of nitro groups is 1. The molecular formula is C21H20FN3O2. The van der Waals surface area contributed by atoms with Crippen molar-refractivity contribution in [3.8, 4) is 0 Å². The number of rotatable bonds is 4. The smallest absolute Gasteiger partial charge is 0.269 e. The fourth-order valence-electron chi connectivity index (χ4n) is 3.83. The minimum absolute atomic E-state index is 0.0617. The summed E-state index contributed by atoms with van der Waals surface area (Å²) in [5, 5.41) is 10.9. The lowest BCUT2D eigenvalue weighted by Crippen LogP contribution is -2.29. The first kappa shape index (κ1) is 17.4. The number of aryl methyl sites for hydroxylation is 1. The monoisotopic (exact) mass is 365 g/mol. The van der Waals surface area contributed by atoms with Gasteiger partial charge in [-0.1, -0.05) is 24.3 Å². The van der Waals surface area contributed by atoms with Crippen molar-refractivity contribution in [1.29, 1.82) is 0 Å². The van der Waals surface area contributed by atoms with Crippen LogP contribution in [0.2, 0.25) is 0 Å². The van der Waals surface area contributed by atoms with Gasteiger partial charge in [0, 0.05) is 43.7 Å². The van der Waals surface area contributed by atoms with E-state index in [2.05, 4.69) is 21.7 Å². The summed E-state index contributed by atoms with van der Waals surface area (Å²) < 4.78 is 16.1. The van der Waals surface area contributed by atoms with E-state index in [0.717, 1.165) is 36.3 Å². The van der Waals surface area contributed by atoms with Gasteiger partial charge in [-0.25, -0.2) is 4.39 Å². The van der Waals surface area contributed by atoms with Gasteiger partial charge in [0.15, 0.2) is 0 Å². The van der Waals surface area contributed by atoms with E-state index in [-0.39, 0.29) is 17.5 Å². The maximum absolute atomic E-state index is 13.9. The van der Waals surface area contributed by atoms with Crippen LogP contribution in [0.3, 0.4) is 0 Å². The number of halogens is 1. The maximum atomic E-state index is 13.9. The van der Waals surface area contributed by atoms with Gasteiger partial charge in [0.1, 0.15) is 5.82 Å². The standard InChI is InChI=1S/C21H20FN3O2/c22-18-5-1-4-17(14-18)21-20-6-2-11-23(20)12-3-13-24(21)15-16-7-9-19(10-8-16)25(26)27/h1-2,4-11,14,21H,3,12-13,15H2. The van der Waals surface area contributed by atoms with E-state index in [4.69, 9.17) is 0 Å². The molecule has 3 aromatic rings. The van der Waals surface area contributed by atoms with Crippen LogP contribution >= 0.6 is 0 Å². The van der Waals surface area contributed by atoms with Gasteiger partial charge in [-0.05, 0) is 41.8 Å². The van der Waals surface area contributed by atoms with Crippen molar-refractivity contribution in [2.24, 2.45) is 0 Å². The molecule has 4 rings (SSSR count). The highest BCUT2D eigenvalue weighted by Crippen LogP contribution is 2.33. The van der Waals surface area contributed by atoms with E-state index in [0.29, 0.717) is 6.54 Å². The molecule has 0 aliphatic carbocycles. The number of non-ortho nitro benzene ring substituents is 1. The Bertz CT molecular complexity index is 952. The van der Waals surface area contributed by atoms with Crippen LogP contribution in [0, 0.1) is 15.9 Å². The van der Waals surface area contributed by atoms with Gasteiger partial charge >= 0.3 is 0 Å². The molecule has 0 N–H and O–H groups in total. The predicted molar refractivity (Wildman–Crippen MR) is 101 cm³/mol. The van der Waals surface area contributed by atoms with Crippen molar-refractivity contribution in [1.82, 2.24) is 9.47 Å². The zero-order chi connectivity index (χ0) is 18.8. The normalized spacial score (nSPS) is 17.3. The Morgan fingerprint density at radius 1 is 1.07 bits per heavy atom. The molecule has 0 bridgehead atoms. The van der Waals surface area contributed by atoms with Gasteiger partial charge in [0.2, 0.25) is 0 Å². The summed E-state index contributed by atoms with van der Waals surface area (Å²) >= 11 is 0. The average Bonchev–Trinajstić information content (AvgIpc) is 3.03. The summed E-state index contributed by atoms with van der Waals surface area (Å²) in [7, 11) is 0. The van der Waals surface area contributed by atoms with Crippen molar-refractivity contribution in [2.75, 3.05) is 6.54 Å². The lowest BCUT2D eigenvalue weighted by atomic mass is 10.0. The summed E-state index contributed by atoms with van der Waals surface area (Å²) in [5.41, 5.74) is 3.14. The van der Waals surface area contributed by atoms with Crippen molar-refractivity contribution in [3.63, 3.8) is 0 Å². The second-order valence-electron chi connectivity index (χ2n) is 6.83. The topological polar surface area (TPSA) is 51.3 Å². The Kier molecular flexibility index (Phi) is 4.73. The van der Waals surface area contributed by atoms with Crippen LogP contribution in [0.4, 0.5) is 10.1 Å². The van der Waals surface area contributed by atoms with Crippen molar-refractivity contribution < 1.29 is 9.31 Å². The molecule has 0 fully saturated rings. The lowest BCUT2D eigenvalue weighted by Gasteiger charge is -2.30. The van der Waals surface area contributed by atoms with E-state index >= 15 is 0 Å². The molecule has 0 amide bonds. The Hall–Kier alpha value is -2.99. The summed E-state index contributed by atoms with van der Waals surface area (Å²) in [6.45, 7) is 2.43. The maximum Gasteiger partial charge on any atom is 0.269 e. The first-order chi connectivity index (χ1) is 13.1. The zero-order valence-corrected chi connectivity index (χ0v) is 14.8.